The molecule has 1 heterocycles. The maximum Gasteiger partial charge on any atom is 0.271 e. The zero-order valence-electron chi connectivity index (χ0n) is 12.7. The van der Waals surface area contributed by atoms with Crippen LogP contribution in [0.15, 0.2) is 48.8 Å². The number of nitro benzene ring substituents is 1. The molecule has 9 heteroatoms. The molecule has 1 amide bonds. The standard InChI is InChI=1S/C16H11ClN4O4/c17-12-7-10(21(23)24)5-6-14(12)20-15(22)8-25-16-11-3-1-2-4-13(11)18-9-19-16/h1-7,9H,8H2,(H,20,22). The fraction of sp³-hybridized carbons (Fsp3) is 0.0625. The predicted molar refractivity (Wildman–Crippen MR) is 91.8 cm³/mol. The van der Waals surface area contributed by atoms with Gasteiger partial charge in [0.1, 0.15) is 6.33 Å². The fourth-order valence-corrected chi connectivity index (χ4v) is 2.36. The van der Waals surface area contributed by atoms with E-state index in [0.717, 1.165) is 6.07 Å². The lowest BCUT2D eigenvalue weighted by Crippen LogP contribution is -2.20. The summed E-state index contributed by atoms with van der Waals surface area (Å²) in [4.78, 5) is 30.3. The van der Waals surface area contributed by atoms with Gasteiger partial charge < -0.3 is 10.1 Å². The number of ether oxygens (including phenoxy) is 1. The molecule has 8 nitrogen and oxygen atoms in total. The molecule has 0 aliphatic carbocycles. The number of para-hydroxylation sites is 1. The van der Waals surface area contributed by atoms with Crippen molar-refractivity contribution in [2.75, 3.05) is 11.9 Å². The molecular weight excluding hydrogens is 348 g/mol. The summed E-state index contributed by atoms with van der Waals surface area (Å²) in [6, 6.07) is 11.0. The average molecular weight is 359 g/mol. The van der Waals surface area contributed by atoms with Crippen molar-refractivity contribution in [1.29, 1.82) is 0 Å². The van der Waals surface area contributed by atoms with Crippen molar-refractivity contribution in [3.8, 4) is 5.88 Å². The van der Waals surface area contributed by atoms with Gasteiger partial charge in [-0.25, -0.2) is 9.97 Å². The average Bonchev–Trinajstić information content (AvgIpc) is 2.61. The second-order valence-corrected chi connectivity index (χ2v) is 5.36. The molecule has 2 aromatic carbocycles. The van der Waals surface area contributed by atoms with E-state index in [1.165, 1.54) is 18.5 Å². The number of fused-ring (bicyclic) bond motifs is 1. The maximum atomic E-state index is 12.0. The van der Waals surface area contributed by atoms with E-state index in [1.54, 1.807) is 12.1 Å². The molecular formula is C16H11ClN4O4. The number of nitrogens with one attached hydrogen (secondary N) is 1. The van der Waals surface area contributed by atoms with Gasteiger partial charge in [0, 0.05) is 12.1 Å². The van der Waals surface area contributed by atoms with Gasteiger partial charge in [-0.05, 0) is 18.2 Å². The van der Waals surface area contributed by atoms with E-state index in [1.807, 2.05) is 12.1 Å². The van der Waals surface area contributed by atoms with Crippen LogP contribution < -0.4 is 10.1 Å². The van der Waals surface area contributed by atoms with E-state index < -0.39 is 10.8 Å². The first kappa shape index (κ1) is 16.6. The molecule has 126 valence electrons. The summed E-state index contributed by atoms with van der Waals surface area (Å²) in [5.41, 5.74) is 0.798. The van der Waals surface area contributed by atoms with Gasteiger partial charge in [0.2, 0.25) is 5.88 Å². The van der Waals surface area contributed by atoms with Gasteiger partial charge in [-0.2, -0.15) is 0 Å². The molecule has 25 heavy (non-hydrogen) atoms. The number of anilines is 1. The first-order valence-corrected chi connectivity index (χ1v) is 7.49. The second kappa shape index (κ2) is 7.10. The molecule has 3 rings (SSSR count). The minimum atomic E-state index is -0.569. The highest BCUT2D eigenvalue weighted by Crippen LogP contribution is 2.26. The quantitative estimate of drug-likeness (QED) is 0.554. The minimum Gasteiger partial charge on any atom is -0.467 e. The number of amides is 1. The number of nitrogens with zero attached hydrogens (tertiary/aromatic N) is 3. The van der Waals surface area contributed by atoms with Crippen LogP contribution in [-0.4, -0.2) is 27.4 Å². The Bertz CT molecular complexity index is 959. The van der Waals surface area contributed by atoms with Gasteiger partial charge in [-0.1, -0.05) is 23.7 Å². The van der Waals surface area contributed by atoms with E-state index in [9.17, 15) is 14.9 Å². The highest BCUT2D eigenvalue weighted by molar-refractivity contribution is 6.34. The number of rotatable bonds is 5. The SMILES string of the molecule is O=C(COc1ncnc2ccccc12)Nc1ccc([N+](=O)[O-])cc1Cl. The van der Waals surface area contributed by atoms with Crippen molar-refractivity contribution in [3.63, 3.8) is 0 Å². The Morgan fingerprint density at radius 1 is 1.24 bits per heavy atom. The summed E-state index contributed by atoms with van der Waals surface area (Å²) in [5.74, 6) is -0.186. The van der Waals surface area contributed by atoms with Gasteiger partial charge in [0.05, 0.1) is 26.5 Å². The number of carbonyl (C=O) groups is 1. The van der Waals surface area contributed by atoms with Gasteiger partial charge >= 0.3 is 0 Å². The first-order chi connectivity index (χ1) is 12.0. The summed E-state index contributed by atoms with van der Waals surface area (Å²) < 4.78 is 5.44. The Kier molecular flexibility index (Phi) is 4.71. The Morgan fingerprint density at radius 2 is 2.04 bits per heavy atom. The first-order valence-electron chi connectivity index (χ1n) is 7.11. The van der Waals surface area contributed by atoms with Crippen molar-refractivity contribution >= 4 is 39.8 Å². The van der Waals surface area contributed by atoms with Crippen LogP contribution >= 0.6 is 11.6 Å². The van der Waals surface area contributed by atoms with E-state index in [0.29, 0.717) is 10.9 Å². The van der Waals surface area contributed by atoms with Crippen molar-refractivity contribution in [2.45, 2.75) is 0 Å². The maximum absolute atomic E-state index is 12.0. The number of nitro groups is 1. The van der Waals surface area contributed by atoms with Crippen LogP contribution in [0.3, 0.4) is 0 Å². The molecule has 0 fully saturated rings. The molecule has 1 N–H and O–H groups in total. The summed E-state index contributed by atoms with van der Waals surface area (Å²) in [5, 5.41) is 14.0. The minimum absolute atomic E-state index is 0.0648. The molecule has 0 saturated carbocycles. The van der Waals surface area contributed by atoms with Crippen LogP contribution in [0, 0.1) is 10.1 Å². The molecule has 0 atom stereocenters. The zero-order valence-corrected chi connectivity index (χ0v) is 13.4. The lowest BCUT2D eigenvalue weighted by Gasteiger charge is -2.09. The van der Waals surface area contributed by atoms with E-state index >= 15 is 0 Å². The third-order valence-electron chi connectivity index (χ3n) is 3.28. The van der Waals surface area contributed by atoms with Crippen LogP contribution in [0.1, 0.15) is 0 Å². The van der Waals surface area contributed by atoms with Crippen LogP contribution in [0.5, 0.6) is 5.88 Å². The molecule has 0 radical (unpaired) electrons. The summed E-state index contributed by atoms with van der Waals surface area (Å²) in [6.07, 6.45) is 1.35. The molecule has 0 aliphatic rings. The van der Waals surface area contributed by atoms with Crippen molar-refractivity contribution in [3.05, 3.63) is 63.9 Å². The molecule has 0 unspecified atom stereocenters. The normalized spacial score (nSPS) is 10.4. The van der Waals surface area contributed by atoms with Gasteiger partial charge in [-0.3, -0.25) is 14.9 Å². The van der Waals surface area contributed by atoms with Gasteiger partial charge in [0.25, 0.3) is 11.6 Å². The number of non-ortho nitro benzene ring substituents is 1. The third kappa shape index (κ3) is 3.81. The number of hydrogen-bond acceptors (Lipinski definition) is 6. The molecule has 0 saturated heterocycles. The topological polar surface area (TPSA) is 107 Å². The molecule has 0 bridgehead atoms. The molecule has 3 aromatic rings. The Morgan fingerprint density at radius 3 is 2.80 bits per heavy atom. The van der Waals surface area contributed by atoms with E-state index in [-0.39, 0.29) is 28.9 Å². The van der Waals surface area contributed by atoms with E-state index in [2.05, 4.69) is 15.3 Å². The number of hydrogen-bond donors (Lipinski definition) is 1. The van der Waals surface area contributed by atoms with Gasteiger partial charge in [-0.15, -0.1) is 0 Å². The monoisotopic (exact) mass is 358 g/mol. The Balaban J connectivity index is 1.68. The summed E-state index contributed by atoms with van der Waals surface area (Å²) in [6.45, 7) is -0.297. The van der Waals surface area contributed by atoms with Gasteiger partial charge in [0.15, 0.2) is 6.61 Å². The lowest BCUT2D eigenvalue weighted by molar-refractivity contribution is -0.384. The van der Waals surface area contributed by atoms with Crippen LogP contribution in [0.4, 0.5) is 11.4 Å². The third-order valence-corrected chi connectivity index (χ3v) is 3.60. The Labute approximate surface area is 146 Å². The molecule has 1 aromatic heterocycles. The van der Waals surface area contributed by atoms with E-state index in [4.69, 9.17) is 16.3 Å². The highest BCUT2D eigenvalue weighted by atomic mass is 35.5. The van der Waals surface area contributed by atoms with Crippen molar-refractivity contribution in [2.24, 2.45) is 0 Å². The zero-order chi connectivity index (χ0) is 17.8. The lowest BCUT2D eigenvalue weighted by atomic mass is 10.2. The molecule has 0 spiro atoms. The van der Waals surface area contributed by atoms with Crippen LogP contribution in [0.2, 0.25) is 5.02 Å². The number of benzene rings is 2. The van der Waals surface area contributed by atoms with Crippen LogP contribution in [0.25, 0.3) is 10.9 Å². The Hall–Kier alpha value is -3.26. The van der Waals surface area contributed by atoms with Crippen molar-refractivity contribution in [1.82, 2.24) is 9.97 Å². The molecule has 0 aliphatic heterocycles. The second-order valence-electron chi connectivity index (χ2n) is 4.95. The largest absolute Gasteiger partial charge is 0.467 e. The number of aromatic nitrogens is 2. The fourth-order valence-electron chi connectivity index (χ4n) is 2.13. The number of halogens is 1. The predicted octanol–water partition coefficient (Wildman–Crippen LogP) is 3.21. The van der Waals surface area contributed by atoms with Crippen molar-refractivity contribution < 1.29 is 14.5 Å². The summed E-state index contributed by atoms with van der Waals surface area (Å²) in [7, 11) is 0. The number of carbonyl (C=O) groups excluding carboxylic acids is 1. The summed E-state index contributed by atoms with van der Waals surface area (Å²) >= 11 is 5.93. The van der Waals surface area contributed by atoms with Crippen LogP contribution in [-0.2, 0) is 4.79 Å². The smallest absolute Gasteiger partial charge is 0.271 e. The highest BCUT2D eigenvalue weighted by Gasteiger charge is 2.13.